The summed E-state index contributed by atoms with van der Waals surface area (Å²) in [5.74, 6) is 1.56. The zero-order valence-corrected chi connectivity index (χ0v) is 18.0. The SMILES string of the molecule is Cc1cc(N2CCCCC2)nc(N2CCN(C(=O)Nc3ccccc3C(F)(F)F)CC2)n1. The molecule has 2 aliphatic heterocycles. The van der Waals surface area contributed by atoms with Crippen molar-refractivity contribution in [1.82, 2.24) is 14.9 Å². The molecule has 1 aromatic heterocycles. The standard InChI is InChI=1S/C22H27F3N6O/c1-16-15-19(29-9-5-2-6-10-29)28-20(26-16)30-11-13-31(14-12-30)21(32)27-18-8-4-3-7-17(18)22(23,24)25/h3-4,7-8,15H,2,5-6,9-14H2,1H3,(H,27,32). The first-order valence-corrected chi connectivity index (χ1v) is 10.9. The van der Waals surface area contributed by atoms with Crippen LogP contribution >= 0.6 is 0 Å². The molecule has 10 heteroatoms. The van der Waals surface area contributed by atoms with E-state index in [1.165, 1.54) is 29.5 Å². The summed E-state index contributed by atoms with van der Waals surface area (Å²) in [7, 11) is 0. The smallest absolute Gasteiger partial charge is 0.356 e. The third-order valence-electron chi connectivity index (χ3n) is 5.83. The van der Waals surface area contributed by atoms with Gasteiger partial charge in [-0.2, -0.15) is 18.2 Å². The largest absolute Gasteiger partial charge is 0.418 e. The monoisotopic (exact) mass is 448 g/mol. The fraction of sp³-hybridized carbons (Fsp3) is 0.500. The van der Waals surface area contributed by atoms with E-state index in [9.17, 15) is 18.0 Å². The van der Waals surface area contributed by atoms with E-state index in [0.29, 0.717) is 32.1 Å². The van der Waals surface area contributed by atoms with Crippen LogP contribution in [0.3, 0.4) is 0 Å². The number of alkyl halides is 3. The van der Waals surface area contributed by atoms with E-state index >= 15 is 0 Å². The van der Waals surface area contributed by atoms with Gasteiger partial charge in [0, 0.05) is 51.0 Å². The molecular formula is C22H27F3N6O. The fourth-order valence-corrected chi connectivity index (χ4v) is 4.11. The molecule has 2 amide bonds. The number of carbonyl (C=O) groups excluding carboxylic acids is 1. The Balaban J connectivity index is 1.39. The van der Waals surface area contributed by atoms with E-state index < -0.39 is 17.8 Å². The molecule has 0 unspecified atom stereocenters. The van der Waals surface area contributed by atoms with Crippen LogP contribution in [0.5, 0.6) is 0 Å². The number of hydrogen-bond acceptors (Lipinski definition) is 5. The van der Waals surface area contributed by atoms with Gasteiger partial charge in [-0.1, -0.05) is 12.1 Å². The maximum atomic E-state index is 13.2. The molecular weight excluding hydrogens is 421 g/mol. The van der Waals surface area contributed by atoms with Gasteiger partial charge in [-0.3, -0.25) is 0 Å². The number of aromatic nitrogens is 2. The van der Waals surface area contributed by atoms with Gasteiger partial charge in [0.2, 0.25) is 5.95 Å². The van der Waals surface area contributed by atoms with Crippen LogP contribution in [0, 0.1) is 6.92 Å². The summed E-state index contributed by atoms with van der Waals surface area (Å²) in [4.78, 5) is 27.7. The Hall–Kier alpha value is -3.04. The minimum atomic E-state index is -4.53. The number of anilines is 3. The Labute approximate surface area is 185 Å². The summed E-state index contributed by atoms with van der Waals surface area (Å²) in [6.45, 7) is 5.69. The molecule has 0 atom stereocenters. The zero-order valence-electron chi connectivity index (χ0n) is 18.0. The van der Waals surface area contributed by atoms with E-state index in [1.54, 1.807) is 0 Å². The van der Waals surface area contributed by atoms with Crippen molar-refractivity contribution in [3.8, 4) is 0 Å². The Morgan fingerprint density at radius 1 is 0.938 bits per heavy atom. The Bertz CT molecular complexity index is 953. The quantitative estimate of drug-likeness (QED) is 0.764. The maximum Gasteiger partial charge on any atom is 0.418 e. The predicted octanol–water partition coefficient (Wildman–Crippen LogP) is 4.15. The summed E-state index contributed by atoms with van der Waals surface area (Å²) in [6, 6.07) is 6.45. The highest BCUT2D eigenvalue weighted by Crippen LogP contribution is 2.34. The third-order valence-corrected chi connectivity index (χ3v) is 5.83. The minimum absolute atomic E-state index is 0.236. The second kappa shape index (κ2) is 9.22. The molecule has 2 fully saturated rings. The first-order chi connectivity index (χ1) is 15.3. The average Bonchev–Trinajstić information content (AvgIpc) is 2.79. The van der Waals surface area contributed by atoms with Crippen LogP contribution in [-0.2, 0) is 6.18 Å². The van der Waals surface area contributed by atoms with Crippen LogP contribution in [0.1, 0.15) is 30.5 Å². The van der Waals surface area contributed by atoms with Crippen molar-refractivity contribution in [1.29, 1.82) is 0 Å². The highest BCUT2D eigenvalue weighted by molar-refractivity contribution is 5.90. The molecule has 4 rings (SSSR count). The number of para-hydroxylation sites is 1. The summed E-state index contributed by atoms with van der Waals surface area (Å²) in [5.41, 5.74) is -0.203. The Morgan fingerprint density at radius 2 is 1.62 bits per heavy atom. The van der Waals surface area contributed by atoms with Crippen LogP contribution in [0.15, 0.2) is 30.3 Å². The van der Waals surface area contributed by atoms with Gasteiger partial charge in [0.25, 0.3) is 0 Å². The topological polar surface area (TPSA) is 64.6 Å². The first kappa shape index (κ1) is 22.2. The van der Waals surface area contributed by atoms with Crippen LogP contribution in [0.4, 0.5) is 35.4 Å². The number of aryl methyl sites for hydroxylation is 1. The van der Waals surface area contributed by atoms with Gasteiger partial charge in [0.15, 0.2) is 0 Å². The number of rotatable bonds is 3. The number of benzene rings is 1. The number of amides is 2. The van der Waals surface area contributed by atoms with Gasteiger partial charge < -0.3 is 20.0 Å². The lowest BCUT2D eigenvalue weighted by molar-refractivity contribution is -0.136. The van der Waals surface area contributed by atoms with Gasteiger partial charge in [0.05, 0.1) is 11.3 Å². The number of piperidine rings is 1. The van der Waals surface area contributed by atoms with Crippen molar-refractivity contribution in [3.63, 3.8) is 0 Å². The second-order valence-electron chi connectivity index (χ2n) is 8.16. The van der Waals surface area contributed by atoms with Crippen molar-refractivity contribution in [3.05, 3.63) is 41.6 Å². The number of carbonyl (C=O) groups is 1. The molecule has 0 spiro atoms. The van der Waals surface area contributed by atoms with Crippen LogP contribution in [0.2, 0.25) is 0 Å². The van der Waals surface area contributed by atoms with E-state index in [0.717, 1.165) is 43.5 Å². The van der Waals surface area contributed by atoms with Crippen molar-refractivity contribution >= 4 is 23.5 Å². The summed E-state index contributed by atoms with van der Waals surface area (Å²) < 4.78 is 39.6. The fourth-order valence-electron chi connectivity index (χ4n) is 4.11. The molecule has 2 saturated heterocycles. The highest BCUT2D eigenvalue weighted by atomic mass is 19.4. The molecule has 3 heterocycles. The van der Waals surface area contributed by atoms with Crippen LogP contribution < -0.4 is 15.1 Å². The molecule has 1 N–H and O–H groups in total. The lowest BCUT2D eigenvalue weighted by Gasteiger charge is -2.35. The van der Waals surface area contributed by atoms with E-state index in [2.05, 4.69) is 15.2 Å². The minimum Gasteiger partial charge on any atom is -0.356 e. The number of urea groups is 1. The lowest BCUT2D eigenvalue weighted by Crippen LogP contribution is -2.50. The molecule has 0 aliphatic carbocycles. The number of nitrogens with one attached hydrogen (secondary N) is 1. The van der Waals surface area contributed by atoms with E-state index in [1.807, 2.05) is 17.9 Å². The Morgan fingerprint density at radius 3 is 2.31 bits per heavy atom. The molecule has 0 radical (unpaired) electrons. The van der Waals surface area contributed by atoms with Gasteiger partial charge >= 0.3 is 12.2 Å². The van der Waals surface area contributed by atoms with Crippen molar-refractivity contribution in [2.75, 3.05) is 54.4 Å². The molecule has 172 valence electrons. The molecule has 2 aromatic rings. The average molecular weight is 448 g/mol. The van der Waals surface area contributed by atoms with E-state index in [4.69, 9.17) is 4.98 Å². The van der Waals surface area contributed by atoms with Gasteiger partial charge in [-0.25, -0.2) is 9.78 Å². The molecule has 0 bridgehead atoms. The molecule has 0 saturated carbocycles. The number of nitrogens with zero attached hydrogens (tertiary/aromatic N) is 5. The molecule has 32 heavy (non-hydrogen) atoms. The van der Waals surface area contributed by atoms with E-state index in [-0.39, 0.29) is 5.69 Å². The maximum absolute atomic E-state index is 13.2. The van der Waals surface area contributed by atoms with Gasteiger partial charge in [-0.05, 0) is 38.3 Å². The summed E-state index contributed by atoms with van der Waals surface area (Å²) >= 11 is 0. The predicted molar refractivity (Wildman–Crippen MR) is 117 cm³/mol. The number of piperazine rings is 1. The lowest BCUT2D eigenvalue weighted by atomic mass is 10.1. The number of halogens is 3. The summed E-state index contributed by atoms with van der Waals surface area (Å²) in [6.07, 6.45) is -0.977. The van der Waals surface area contributed by atoms with Crippen LogP contribution in [-0.4, -0.2) is 60.2 Å². The second-order valence-corrected chi connectivity index (χ2v) is 8.16. The number of hydrogen-bond donors (Lipinski definition) is 1. The normalized spacial score (nSPS) is 17.4. The van der Waals surface area contributed by atoms with Gasteiger partial charge in [0.1, 0.15) is 5.82 Å². The molecule has 7 nitrogen and oxygen atoms in total. The van der Waals surface area contributed by atoms with Gasteiger partial charge in [-0.15, -0.1) is 0 Å². The first-order valence-electron chi connectivity index (χ1n) is 10.9. The Kier molecular flexibility index (Phi) is 6.38. The van der Waals surface area contributed by atoms with Crippen molar-refractivity contribution in [2.45, 2.75) is 32.4 Å². The van der Waals surface area contributed by atoms with Crippen molar-refractivity contribution < 1.29 is 18.0 Å². The van der Waals surface area contributed by atoms with Crippen LogP contribution in [0.25, 0.3) is 0 Å². The highest BCUT2D eigenvalue weighted by Gasteiger charge is 2.34. The molecule has 1 aromatic carbocycles. The molecule has 2 aliphatic rings. The van der Waals surface area contributed by atoms with Crippen molar-refractivity contribution in [2.24, 2.45) is 0 Å². The zero-order chi connectivity index (χ0) is 22.7. The third kappa shape index (κ3) is 5.05. The summed E-state index contributed by atoms with van der Waals surface area (Å²) in [5, 5.41) is 2.41.